The molecule has 2 heterocycles. The number of alkyl halides is 1. The molecule has 5 rings (SSSR count). The summed E-state index contributed by atoms with van der Waals surface area (Å²) in [5.74, 6) is 1.14. The molecule has 1 atom stereocenters. The first-order valence-corrected chi connectivity index (χ1v) is 11.8. The summed E-state index contributed by atoms with van der Waals surface area (Å²) in [6.45, 7) is 0.415. The van der Waals surface area contributed by atoms with Crippen molar-refractivity contribution >= 4 is 13.0 Å². The van der Waals surface area contributed by atoms with Gasteiger partial charge in [-0.3, -0.25) is 4.57 Å². The summed E-state index contributed by atoms with van der Waals surface area (Å²) < 4.78 is 43.1. The van der Waals surface area contributed by atoms with E-state index in [9.17, 15) is 4.57 Å². The molecule has 0 saturated heterocycles. The molecule has 0 fully saturated rings. The van der Waals surface area contributed by atoms with Gasteiger partial charge in [-0.1, -0.05) is 66.7 Å². The Balaban J connectivity index is 1.73. The Hall–Kier alpha value is -3.41. The van der Waals surface area contributed by atoms with Crippen LogP contribution in [0.1, 0.15) is 12.1 Å². The number of hydrogen-bond donors (Lipinski definition) is 1. The van der Waals surface area contributed by atoms with Crippen molar-refractivity contribution in [2.24, 2.45) is 0 Å². The van der Waals surface area contributed by atoms with Crippen molar-refractivity contribution in [3.8, 4) is 22.8 Å². The number of fused-ring (bicyclic) bond motifs is 1. The maximum Gasteiger partial charge on any atom is 0.481 e. The smallest absolute Gasteiger partial charge is 0.412 e. The van der Waals surface area contributed by atoms with E-state index in [-0.39, 0.29) is 12.0 Å². The Morgan fingerprint density at radius 3 is 1.97 bits per heavy atom. The molecule has 0 bridgehead atoms. The van der Waals surface area contributed by atoms with E-state index in [2.05, 4.69) is 10.3 Å². The van der Waals surface area contributed by atoms with Gasteiger partial charge in [0.1, 0.15) is 23.0 Å². The van der Waals surface area contributed by atoms with Crippen molar-refractivity contribution in [3.63, 3.8) is 0 Å². The van der Waals surface area contributed by atoms with Crippen LogP contribution >= 0.6 is 7.60 Å². The summed E-state index contributed by atoms with van der Waals surface area (Å²) in [6.07, 6.45) is -1.47. The molecule has 1 aliphatic rings. The Morgan fingerprint density at radius 2 is 1.41 bits per heavy atom. The van der Waals surface area contributed by atoms with E-state index < -0.39 is 13.9 Å². The lowest BCUT2D eigenvalue weighted by Crippen LogP contribution is -2.37. The second kappa shape index (κ2) is 8.61. The van der Waals surface area contributed by atoms with E-state index in [0.717, 1.165) is 0 Å². The van der Waals surface area contributed by atoms with Gasteiger partial charge in [-0.2, -0.15) is 0 Å². The molecule has 0 amide bonds. The van der Waals surface area contributed by atoms with Crippen LogP contribution in [0.5, 0.6) is 11.5 Å². The van der Waals surface area contributed by atoms with Gasteiger partial charge < -0.3 is 14.4 Å². The van der Waals surface area contributed by atoms with Crippen molar-refractivity contribution < 1.29 is 18.0 Å². The molecule has 8 heteroatoms. The summed E-state index contributed by atoms with van der Waals surface area (Å²) >= 11 is 0. The van der Waals surface area contributed by atoms with Gasteiger partial charge >= 0.3 is 7.60 Å². The molecular weight excluding hydrogens is 428 g/mol. The molecule has 1 aliphatic heterocycles. The normalized spacial score (nSPS) is 15.7. The minimum Gasteiger partial charge on any atom is -0.412 e. The van der Waals surface area contributed by atoms with Crippen LogP contribution in [-0.2, 0) is 11.1 Å². The number of aromatic nitrogens is 2. The van der Waals surface area contributed by atoms with Crippen LogP contribution in [0.2, 0.25) is 0 Å². The van der Waals surface area contributed by atoms with Crippen molar-refractivity contribution in [1.82, 2.24) is 14.9 Å². The molecule has 6 nitrogen and oxygen atoms in total. The average Bonchev–Trinajstić information content (AvgIpc) is 3.23. The van der Waals surface area contributed by atoms with Gasteiger partial charge in [0.05, 0.1) is 6.54 Å². The van der Waals surface area contributed by atoms with Crippen LogP contribution in [0, 0.1) is 0 Å². The van der Waals surface area contributed by atoms with E-state index in [0.29, 0.717) is 35.1 Å². The zero-order valence-corrected chi connectivity index (χ0v) is 18.0. The first-order valence-electron chi connectivity index (χ1n) is 10.3. The summed E-state index contributed by atoms with van der Waals surface area (Å²) in [6, 6.07) is 26.7. The Bertz CT molecular complexity index is 1200. The van der Waals surface area contributed by atoms with E-state index in [1.54, 1.807) is 48.5 Å². The first kappa shape index (κ1) is 20.5. The molecule has 32 heavy (non-hydrogen) atoms. The number of nitrogens with one attached hydrogen (secondary N) is 1. The van der Waals surface area contributed by atoms with Crippen LogP contribution in [0.4, 0.5) is 4.39 Å². The predicted molar refractivity (Wildman–Crippen MR) is 121 cm³/mol. The van der Waals surface area contributed by atoms with Crippen molar-refractivity contribution in [1.29, 1.82) is 0 Å². The minimum absolute atomic E-state index is 0.0707. The minimum atomic E-state index is -4.14. The monoisotopic (exact) mass is 449 g/mol. The molecule has 0 saturated carbocycles. The zero-order chi connectivity index (χ0) is 22.0. The molecule has 162 valence electrons. The maximum atomic E-state index is 15.2. The summed E-state index contributed by atoms with van der Waals surface area (Å²) in [4.78, 5) is 4.65. The number of hydrogen-bond acceptors (Lipinski definition) is 5. The van der Waals surface area contributed by atoms with Gasteiger partial charge in [-0.15, -0.1) is 0 Å². The van der Waals surface area contributed by atoms with Crippen LogP contribution in [0.15, 0.2) is 91.0 Å². The number of nitrogens with zero attached hydrogens (tertiary/aromatic N) is 2. The quantitative estimate of drug-likeness (QED) is 0.415. The van der Waals surface area contributed by atoms with Gasteiger partial charge in [-0.25, -0.2) is 13.9 Å². The van der Waals surface area contributed by atoms with Crippen LogP contribution in [0.25, 0.3) is 11.3 Å². The van der Waals surface area contributed by atoms with E-state index in [1.807, 2.05) is 42.5 Å². The van der Waals surface area contributed by atoms with E-state index in [1.165, 1.54) is 4.57 Å². The molecule has 0 aliphatic carbocycles. The molecule has 3 aromatic carbocycles. The lowest BCUT2D eigenvalue weighted by molar-refractivity contribution is 0.207. The second-order valence-corrected chi connectivity index (χ2v) is 9.09. The Labute approximate surface area is 185 Å². The third-order valence-electron chi connectivity index (χ3n) is 5.08. The van der Waals surface area contributed by atoms with Crippen LogP contribution in [-0.4, -0.2) is 16.1 Å². The van der Waals surface area contributed by atoms with Crippen LogP contribution in [0.3, 0.4) is 0 Å². The summed E-state index contributed by atoms with van der Waals surface area (Å²) in [5.41, 5.74) is 1.17. The second-order valence-electron chi connectivity index (χ2n) is 7.31. The number of imidazole rings is 1. The standard InChI is InChI=1S/C24H21FN3O3P/c25-21-16-26-17-22-27-23(18-10-4-1-5-11-18)24(28(21)22)32(29,30-19-12-6-2-7-13-19)31-20-14-8-3-9-15-20/h1-15,21,26H,16-17H2. The summed E-state index contributed by atoms with van der Waals surface area (Å²) in [5, 5.41) is 3.00. The summed E-state index contributed by atoms with van der Waals surface area (Å²) in [7, 11) is -4.14. The lowest BCUT2D eigenvalue weighted by atomic mass is 10.2. The van der Waals surface area contributed by atoms with Crippen molar-refractivity contribution in [3.05, 3.63) is 96.8 Å². The van der Waals surface area contributed by atoms with E-state index in [4.69, 9.17) is 9.05 Å². The van der Waals surface area contributed by atoms with Crippen molar-refractivity contribution in [2.75, 3.05) is 6.54 Å². The van der Waals surface area contributed by atoms with Crippen LogP contribution < -0.4 is 19.8 Å². The third kappa shape index (κ3) is 3.93. The van der Waals surface area contributed by atoms with Crippen molar-refractivity contribution in [2.45, 2.75) is 12.8 Å². The van der Waals surface area contributed by atoms with Gasteiger partial charge in [-0.05, 0) is 24.3 Å². The highest BCUT2D eigenvalue weighted by Gasteiger charge is 2.43. The molecule has 0 spiro atoms. The molecule has 1 N–H and O–H groups in total. The molecule has 1 aromatic heterocycles. The molecular formula is C24H21FN3O3P. The number of para-hydroxylation sites is 2. The van der Waals surface area contributed by atoms with Gasteiger partial charge in [0.2, 0.25) is 0 Å². The third-order valence-corrected chi connectivity index (χ3v) is 6.93. The molecule has 0 radical (unpaired) electrons. The highest BCUT2D eigenvalue weighted by Crippen LogP contribution is 2.50. The fraction of sp³-hybridized carbons (Fsp3) is 0.125. The molecule has 4 aromatic rings. The fourth-order valence-electron chi connectivity index (χ4n) is 3.68. The van der Waals surface area contributed by atoms with Gasteiger partial charge in [0, 0.05) is 12.1 Å². The average molecular weight is 449 g/mol. The Kier molecular flexibility index (Phi) is 5.52. The highest BCUT2D eigenvalue weighted by atomic mass is 31.2. The van der Waals surface area contributed by atoms with Gasteiger partial charge in [0.25, 0.3) is 0 Å². The SMILES string of the molecule is O=P(Oc1ccccc1)(Oc1ccccc1)c1c(-c2ccccc2)nc2n1C(F)CNC2. The van der Waals surface area contributed by atoms with Gasteiger partial charge in [0.15, 0.2) is 11.7 Å². The topological polar surface area (TPSA) is 65.4 Å². The lowest BCUT2D eigenvalue weighted by Gasteiger charge is -2.26. The fourth-order valence-corrected chi connectivity index (χ4v) is 5.63. The molecule has 1 unspecified atom stereocenters. The number of rotatable bonds is 6. The highest BCUT2D eigenvalue weighted by molar-refractivity contribution is 7.63. The number of halogens is 1. The van der Waals surface area contributed by atoms with E-state index >= 15 is 4.39 Å². The predicted octanol–water partition coefficient (Wildman–Crippen LogP) is 5.10. The largest absolute Gasteiger partial charge is 0.481 e. The zero-order valence-electron chi connectivity index (χ0n) is 17.1. The Morgan fingerprint density at radius 1 is 0.875 bits per heavy atom. The number of benzene rings is 3. The maximum absolute atomic E-state index is 15.2. The first-order chi connectivity index (χ1) is 15.6.